The Morgan fingerprint density at radius 3 is 2.64 bits per heavy atom. The number of non-ortho nitro benzene ring substituents is 1. The van der Waals surface area contributed by atoms with Gasteiger partial charge in [-0.25, -0.2) is 4.63 Å². The Hall–Kier alpha value is -3.37. The number of nitro groups is 1. The number of aromatic nitrogens is 2. The molecule has 2 aromatic rings. The first-order chi connectivity index (χ1) is 12.0. The number of oxime groups is 1. The van der Waals surface area contributed by atoms with Crippen molar-refractivity contribution in [3.8, 4) is 0 Å². The summed E-state index contributed by atoms with van der Waals surface area (Å²) in [5.41, 5.74) is 6.81. The van der Waals surface area contributed by atoms with Gasteiger partial charge in [0.1, 0.15) is 0 Å². The van der Waals surface area contributed by atoms with Crippen molar-refractivity contribution in [2.75, 3.05) is 30.3 Å². The van der Waals surface area contributed by atoms with Crippen molar-refractivity contribution in [3.05, 3.63) is 40.1 Å². The number of nitrogens with two attached hydrogens (primary N) is 1. The maximum Gasteiger partial charge on any atom is 0.269 e. The van der Waals surface area contributed by atoms with E-state index in [0.717, 1.165) is 5.69 Å². The smallest absolute Gasteiger partial charge is 0.269 e. The van der Waals surface area contributed by atoms with Gasteiger partial charge in [-0.2, -0.15) is 0 Å². The fourth-order valence-electron chi connectivity index (χ4n) is 2.88. The fraction of sp³-hybridized carbons (Fsp3) is 0.357. The summed E-state index contributed by atoms with van der Waals surface area (Å²) in [6, 6.07) is 6.39. The average Bonchev–Trinajstić information content (AvgIpc) is 3.03. The number of amidine groups is 1. The Morgan fingerprint density at radius 1 is 1.40 bits per heavy atom. The summed E-state index contributed by atoms with van der Waals surface area (Å²) < 4.78 is 4.57. The largest absolute Gasteiger partial charge is 0.409 e. The summed E-state index contributed by atoms with van der Waals surface area (Å²) in [6.45, 7) is 3.77. The molecule has 0 amide bonds. The van der Waals surface area contributed by atoms with Crippen LogP contribution in [0.15, 0.2) is 34.1 Å². The molecule has 2 heterocycles. The van der Waals surface area contributed by atoms with Crippen LogP contribution >= 0.6 is 0 Å². The maximum atomic E-state index is 10.8. The molecule has 0 aliphatic carbocycles. The highest BCUT2D eigenvalue weighted by Gasteiger charge is 2.30. The summed E-state index contributed by atoms with van der Waals surface area (Å²) >= 11 is 0. The molecular weight excluding hydrogens is 330 g/mol. The van der Waals surface area contributed by atoms with E-state index in [9.17, 15) is 15.3 Å². The van der Waals surface area contributed by atoms with E-state index in [1.54, 1.807) is 12.1 Å². The number of anilines is 2. The van der Waals surface area contributed by atoms with Crippen LogP contribution in [0.3, 0.4) is 0 Å². The van der Waals surface area contributed by atoms with E-state index < -0.39 is 4.92 Å². The Kier molecular flexibility index (Phi) is 4.37. The van der Waals surface area contributed by atoms with Crippen molar-refractivity contribution in [2.45, 2.75) is 13.0 Å². The van der Waals surface area contributed by atoms with Crippen molar-refractivity contribution in [1.29, 1.82) is 0 Å². The molecule has 0 saturated carbocycles. The summed E-state index contributed by atoms with van der Waals surface area (Å²) in [7, 11) is 0. The van der Waals surface area contributed by atoms with Crippen LogP contribution in [0.2, 0.25) is 0 Å². The first kappa shape index (κ1) is 16.5. The highest BCUT2D eigenvalue weighted by molar-refractivity contribution is 6.00. The average molecular weight is 347 g/mol. The third kappa shape index (κ3) is 3.16. The Balaban J connectivity index is 1.74. The van der Waals surface area contributed by atoms with Gasteiger partial charge in [0.25, 0.3) is 5.69 Å². The quantitative estimate of drug-likeness (QED) is 0.272. The molecule has 1 atom stereocenters. The van der Waals surface area contributed by atoms with Crippen LogP contribution < -0.4 is 10.6 Å². The minimum absolute atomic E-state index is 0.0223. The molecule has 0 bridgehead atoms. The molecular formula is C14H17N7O4. The number of nitro benzene ring substituents is 1. The normalized spacial score (nSPS) is 18.4. The lowest BCUT2D eigenvalue weighted by Gasteiger charge is -2.41. The first-order valence-electron chi connectivity index (χ1n) is 7.57. The Labute approximate surface area is 142 Å². The maximum absolute atomic E-state index is 10.8. The zero-order valence-electron chi connectivity index (χ0n) is 13.4. The molecule has 1 aliphatic rings. The summed E-state index contributed by atoms with van der Waals surface area (Å²) in [5, 5.41) is 30.6. The van der Waals surface area contributed by atoms with Gasteiger partial charge in [-0.3, -0.25) is 10.1 Å². The van der Waals surface area contributed by atoms with Crippen LogP contribution in [0, 0.1) is 10.1 Å². The van der Waals surface area contributed by atoms with E-state index in [1.165, 1.54) is 12.1 Å². The summed E-state index contributed by atoms with van der Waals surface area (Å²) in [5.74, 6) is 0.257. The van der Waals surface area contributed by atoms with Crippen molar-refractivity contribution >= 4 is 23.0 Å². The zero-order chi connectivity index (χ0) is 18.0. The topological polar surface area (TPSA) is 147 Å². The van der Waals surface area contributed by atoms with Crippen LogP contribution in [-0.2, 0) is 0 Å². The van der Waals surface area contributed by atoms with Crippen LogP contribution in [0.25, 0.3) is 0 Å². The number of rotatable bonds is 3. The number of nitrogens with zero attached hydrogens (tertiary/aromatic N) is 6. The Morgan fingerprint density at radius 2 is 2.12 bits per heavy atom. The van der Waals surface area contributed by atoms with E-state index in [1.807, 2.05) is 11.8 Å². The molecule has 1 unspecified atom stereocenters. The second kappa shape index (κ2) is 6.63. The minimum atomic E-state index is -0.426. The predicted molar refractivity (Wildman–Crippen MR) is 88.5 cm³/mol. The summed E-state index contributed by atoms with van der Waals surface area (Å²) in [6.07, 6.45) is 0. The van der Waals surface area contributed by atoms with Crippen LogP contribution in [-0.4, -0.2) is 56.9 Å². The van der Waals surface area contributed by atoms with E-state index >= 15 is 0 Å². The van der Waals surface area contributed by atoms with Gasteiger partial charge in [0.15, 0.2) is 11.5 Å². The van der Waals surface area contributed by atoms with Crippen molar-refractivity contribution < 1.29 is 14.8 Å². The van der Waals surface area contributed by atoms with E-state index in [4.69, 9.17) is 5.73 Å². The molecule has 1 aliphatic heterocycles. The number of hydrogen-bond donors (Lipinski definition) is 2. The van der Waals surface area contributed by atoms with Crippen LogP contribution in [0.1, 0.15) is 12.6 Å². The highest BCUT2D eigenvalue weighted by atomic mass is 16.6. The molecule has 1 fully saturated rings. The third-order valence-corrected chi connectivity index (χ3v) is 4.15. The second-order valence-electron chi connectivity index (χ2n) is 5.68. The molecule has 3 N–H and O–H groups in total. The third-order valence-electron chi connectivity index (χ3n) is 4.15. The number of piperazine rings is 1. The molecule has 3 rings (SSSR count). The molecule has 1 aromatic carbocycles. The lowest BCUT2D eigenvalue weighted by atomic mass is 10.1. The van der Waals surface area contributed by atoms with Gasteiger partial charge in [-0.05, 0) is 29.4 Å². The summed E-state index contributed by atoms with van der Waals surface area (Å²) in [4.78, 5) is 14.3. The van der Waals surface area contributed by atoms with Gasteiger partial charge < -0.3 is 20.7 Å². The molecule has 0 spiro atoms. The number of nitrogen functional groups attached to an aromatic ring is 1. The van der Waals surface area contributed by atoms with Gasteiger partial charge in [-0.15, -0.1) is 0 Å². The molecule has 132 valence electrons. The van der Waals surface area contributed by atoms with Gasteiger partial charge in [0.05, 0.1) is 4.92 Å². The fourth-order valence-corrected chi connectivity index (χ4v) is 2.88. The van der Waals surface area contributed by atoms with Crippen molar-refractivity contribution in [1.82, 2.24) is 15.2 Å². The minimum Gasteiger partial charge on any atom is -0.409 e. The van der Waals surface area contributed by atoms with Crippen LogP contribution in [0.5, 0.6) is 0 Å². The molecule has 1 saturated heterocycles. The monoisotopic (exact) mass is 347 g/mol. The van der Waals surface area contributed by atoms with Gasteiger partial charge in [0.2, 0.25) is 5.84 Å². The van der Waals surface area contributed by atoms with Gasteiger partial charge >= 0.3 is 0 Å². The Bertz CT molecular complexity index is 789. The second-order valence-corrected chi connectivity index (χ2v) is 5.68. The number of hydrogen-bond acceptors (Lipinski definition) is 9. The lowest BCUT2D eigenvalue weighted by molar-refractivity contribution is -0.384. The first-order valence-corrected chi connectivity index (χ1v) is 7.57. The molecule has 11 nitrogen and oxygen atoms in total. The lowest BCUT2D eigenvalue weighted by Crippen LogP contribution is -2.54. The standard InChI is InChI=1S/C14H17N7O4/c1-9-8-19(10-2-4-11(5-3-10)21(23)24)6-7-20(9)14(16-22)12-13(15)18-25-17-12/h2-5,9,22H,6-8H2,1H3,(H2,15,18)/b16-14+. The SMILES string of the molecule is CC1CN(c2ccc([N+](=O)[O-])cc2)CCN1/C(=N/O)c1nonc1N. The highest BCUT2D eigenvalue weighted by Crippen LogP contribution is 2.23. The van der Waals surface area contributed by atoms with Crippen molar-refractivity contribution in [3.63, 3.8) is 0 Å². The number of benzene rings is 1. The van der Waals surface area contributed by atoms with E-state index in [2.05, 4.69) is 25.0 Å². The van der Waals surface area contributed by atoms with Crippen LogP contribution in [0.4, 0.5) is 17.2 Å². The predicted octanol–water partition coefficient (Wildman–Crippen LogP) is 0.907. The van der Waals surface area contributed by atoms with E-state index in [0.29, 0.717) is 19.6 Å². The molecule has 11 heteroatoms. The van der Waals surface area contributed by atoms with Gasteiger partial charge in [-0.1, -0.05) is 5.16 Å². The van der Waals surface area contributed by atoms with E-state index in [-0.39, 0.29) is 29.1 Å². The molecule has 0 radical (unpaired) electrons. The van der Waals surface area contributed by atoms with Gasteiger partial charge in [0, 0.05) is 43.5 Å². The zero-order valence-corrected chi connectivity index (χ0v) is 13.4. The van der Waals surface area contributed by atoms with Crippen molar-refractivity contribution in [2.24, 2.45) is 5.16 Å². The molecule has 25 heavy (non-hydrogen) atoms. The molecule has 1 aromatic heterocycles.